The number of pyridine rings is 1. The van der Waals surface area contributed by atoms with Gasteiger partial charge in [0.25, 0.3) is 0 Å². The summed E-state index contributed by atoms with van der Waals surface area (Å²) >= 11 is 0. The van der Waals surface area contributed by atoms with Crippen molar-refractivity contribution >= 4 is 57.8 Å². The predicted molar refractivity (Wildman–Crippen MR) is 220 cm³/mol. The summed E-state index contributed by atoms with van der Waals surface area (Å²) in [6.07, 6.45) is 3.38. The van der Waals surface area contributed by atoms with E-state index in [1.165, 1.54) is 17.2 Å². The highest BCUT2D eigenvalue weighted by Crippen LogP contribution is 2.46. The lowest BCUT2D eigenvalue weighted by molar-refractivity contribution is -0.149. The second kappa shape index (κ2) is 19.3. The third kappa shape index (κ3) is 10.4. The van der Waals surface area contributed by atoms with Gasteiger partial charge in [0.05, 0.1) is 16.6 Å². The van der Waals surface area contributed by atoms with Gasteiger partial charge in [-0.05, 0) is 74.3 Å². The Morgan fingerprint density at radius 1 is 0.966 bits per heavy atom. The van der Waals surface area contributed by atoms with Crippen LogP contribution in [0.5, 0.6) is 0 Å². The summed E-state index contributed by atoms with van der Waals surface area (Å²) in [4.78, 5) is 92.5. The topological polar surface area (TPSA) is 210 Å². The van der Waals surface area contributed by atoms with Gasteiger partial charge >= 0.3 is 18.1 Å². The van der Waals surface area contributed by atoms with E-state index in [0.29, 0.717) is 74.4 Å². The van der Waals surface area contributed by atoms with Gasteiger partial charge < -0.3 is 40.6 Å². The van der Waals surface area contributed by atoms with Gasteiger partial charge in [-0.2, -0.15) is 0 Å². The molecule has 318 valence electrons. The molecule has 1 aliphatic carbocycles. The maximum absolute atomic E-state index is 15.3. The van der Waals surface area contributed by atoms with Crippen molar-refractivity contribution < 1.29 is 43.0 Å². The van der Waals surface area contributed by atoms with E-state index in [-0.39, 0.29) is 67.1 Å². The number of benzene rings is 2. The van der Waals surface area contributed by atoms with Gasteiger partial charge in [-0.25, -0.2) is 18.8 Å². The molecule has 0 bridgehead atoms. The first-order chi connectivity index (χ1) is 28.0. The van der Waals surface area contributed by atoms with Crippen molar-refractivity contribution in [2.24, 2.45) is 28.9 Å². The summed E-state index contributed by atoms with van der Waals surface area (Å²) in [6.45, 7) is 9.52. The van der Waals surface area contributed by atoms with Crippen LogP contribution in [-0.4, -0.2) is 82.9 Å². The molecule has 2 aliphatic rings. The molecule has 1 aromatic heterocycles. The van der Waals surface area contributed by atoms with Gasteiger partial charge in [0.1, 0.15) is 29.6 Å². The highest BCUT2D eigenvalue weighted by Gasteiger charge is 2.50. The monoisotopic (exact) mass is 818 g/mol. The Morgan fingerprint density at radius 2 is 1.63 bits per heavy atom. The number of fused-ring (bicyclic) bond motifs is 1. The van der Waals surface area contributed by atoms with Crippen LogP contribution in [0.2, 0.25) is 0 Å². The van der Waals surface area contributed by atoms with E-state index in [1.54, 1.807) is 40.7 Å². The Balaban J connectivity index is 1.15. The number of primary amides is 1. The van der Waals surface area contributed by atoms with E-state index < -0.39 is 46.2 Å². The number of hydrogen-bond acceptors (Lipinski definition) is 9. The molecular formula is C43H55FN6O9. The molecule has 0 spiro atoms. The number of urea groups is 1. The largest absolute Gasteiger partial charge is 0.477 e. The fraction of sp³-hybridized carbons (Fsp3) is 0.512. The van der Waals surface area contributed by atoms with Crippen LogP contribution in [0.1, 0.15) is 88.6 Å². The minimum Gasteiger partial charge on any atom is -0.477 e. The normalized spacial score (nSPS) is 15.9. The van der Waals surface area contributed by atoms with Crippen molar-refractivity contribution in [1.29, 1.82) is 0 Å². The van der Waals surface area contributed by atoms with Crippen molar-refractivity contribution in [3.05, 3.63) is 69.8 Å². The number of aryl methyl sites for hydroxylation is 1. The van der Waals surface area contributed by atoms with Crippen LogP contribution < -0.4 is 26.7 Å². The average molecular weight is 819 g/mol. The summed E-state index contributed by atoms with van der Waals surface area (Å²) in [7, 11) is 0. The van der Waals surface area contributed by atoms with Crippen molar-refractivity contribution in [2.75, 3.05) is 42.9 Å². The number of rotatable bonds is 18. The summed E-state index contributed by atoms with van der Waals surface area (Å²) in [5.74, 6) is -3.01. The fourth-order valence-electron chi connectivity index (χ4n) is 7.62. The lowest BCUT2D eigenvalue weighted by Gasteiger charge is -2.40. The Kier molecular flexibility index (Phi) is 14.5. The van der Waals surface area contributed by atoms with Crippen LogP contribution in [0, 0.1) is 29.0 Å². The van der Waals surface area contributed by atoms with Gasteiger partial charge in [0.2, 0.25) is 11.3 Å². The standard InChI is InChI=1S/C43H55FN6O9/c1-5-48-24-32(40(55)56)38(53)31-22-33(44)35(23-34(31)48)49-16-18-50(19-17-49)42(58)59-25-28-9-11-30(12-10-28)47-39(54)29(8-6-15-46-41(45)57)21-37(52)43(13-7-14-43)36(51)20-27(4)26(2)3/h9-12,22-24,26-27,29H,5-8,13-21,25H2,1-4H3,(H,47,54)(H,55,56)(H3,45,46,57)/t27-,29+/m0/s1. The number of piperazine rings is 1. The summed E-state index contributed by atoms with van der Waals surface area (Å²) in [5, 5.41) is 14.8. The SMILES string of the molecule is CCn1cc(C(=O)O)c(=O)c2cc(F)c(N3CCN(C(=O)OCc4ccc(NC(=O)[C@H](CCCNC(N)=O)CC(=O)C5(C(=O)C[C@H](C)C(C)C)CCC5)cc4)CC3)cc21. The van der Waals surface area contributed by atoms with Crippen molar-refractivity contribution in [1.82, 2.24) is 14.8 Å². The third-order valence-corrected chi connectivity index (χ3v) is 11.9. The first-order valence-corrected chi connectivity index (χ1v) is 20.3. The Hall–Kier alpha value is -5.80. The Morgan fingerprint density at radius 3 is 2.20 bits per heavy atom. The van der Waals surface area contributed by atoms with E-state index >= 15 is 4.39 Å². The first kappa shape index (κ1) is 44.3. The van der Waals surface area contributed by atoms with Gasteiger partial charge in [0, 0.05) is 75.3 Å². The number of aromatic nitrogens is 1. The zero-order valence-electron chi connectivity index (χ0n) is 34.2. The fourth-order valence-corrected chi connectivity index (χ4v) is 7.62. The maximum Gasteiger partial charge on any atom is 0.410 e. The molecule has 5 N–H and O–H groups in total. The summed E-state index contributed by atoms with van der Waals surface area (Å²) < 4.78 is 22.5. The van der Waals surface area contributed by atoms with Crippen molar-refractivity contribution in [2.45, 2.75) is 85.8 Å². The first-order valence-electron chi connectivity index (χ1n) is 20.3. The molecule has 1 aliphatic heterocycles. The number of Topliss-reactive ketones (excluding diaryl/α,β-unsaturated/α-hetero) is 2. The number of nitrogens with zero attached hydrogens (tertiary/aromatic N) is 3. The van der Waals surface area contributed by atoms with Crippen molar-refractivity contribution in [3.8, 4) is 0 Å². The number of carboxylic acid groups (broad SMARTS) is 1. The molecule has 0 radical (unpaired) electrons. The van der Waals surface area contributed by atoms with Crippen LogP contribution in [0.3, 0.4) is 0 Å². The molecule has 5 rings (SSSR count). The number of nitrogens with two attached hydrogens (primary N) is 1. The number of halogens is 1. The van der Waals surface area contributed by atoms with Gasteiger partial charge in [-0.15, -0.1) is 0 Å². The van der Waals surface area contributed by atoms with Crippen LogP contribution in [0.15, 0.2) is 47.4 Å². The number of aromatic carboxylic acids is 1. The predicted octanol–water partition coefficient (Wildman–Crippen LogP) is 5.70. The van der Waals surface area contributed by atoms with E-state index in [0.717, 1.165) is 12.5 Å². The van der Waals surface area contributed by atoms with E-state index in [4.69, 9.17) is 10.5 Å². The van der Waals surface area contributed by atoms with Crippen LogP contribution in [-0.2, 0) is 32.3 Å². The number of carbonyl (C=O) groups is 6. The van der Waals surface area contributed by atoms with Crippen molar-refractivity contribution in [3.63, 3.8) is 0 Å². The van der Waals surface area contributed by atoms with Gasteiger partial charge in [0.15, 0.2) is 0 Å². The molecule has 2 heterocycles. The average Bonchev–Trinajstić information content (AvgIpc) is 3.18. The second-order valence-electron chi connectivity index (χ2n) is 16.0. The van der Waals surface area contributed by atoms with Gasteiger partial charge in [-0.3, -0.25) is 19.2 Å². The van der Waals surface area contributed by atoms with Crippen LogP contribution in [0.4, 0.5) is 25.4 Å². The summed E-state index contributed by atoms with van der Waals surface area (Å²) in [5.41, 5.74) is 4.74. The molecule has 1 saturated heterocycles. The molecule has 0 unspecified atom stereocenters. The summed E-state index contributed by atoms with van der Waals surface area (Å²) in [6, 6.07) is 8.65. The Labute approximate surface area is 342 Å². The lowest BCUT2D eigenvalue weighted by atomic mass is 9.60. The molecule has 1 saturated carbocycles. The molecule has 2 fully saturated rings. The molecule has 2 atom stereocenters. The van der Waals surface area contributed by atoms with E-state index in [1.807, 2.05) is 20.8 Å². The number of carbonyl (C=O) groups excluding carboxylic acids is 5. The minimum atomic E-state index is -1.38. The molecule has 3 aromatic rings. The van der Waals surface area contributed by atoms with E-state index in [9.17, 15) is 38.7 Å². The van der Waals surface area contributed by atoms with Gasteiger partial charge in [-0.1, -0.05) is 39.3 Å². The zero-order chi connectivity index (χ0) is 43.0. The number of anilines is 2. The molecule has 59 heavy (non-hydrogen) atoms. The smallest absolute Gasteiger partial charge is 0.410 e. The molecule has 4 amide bonds. The molecular weight excluding hydrogens is 764 g/mol. The lowest BCUT2D eigenvalue weighted by Crippen LogP contribution is -2.49. The minimum absolute atomic E-state index is 0.0220. The van der Waals surface area contributed by atoms with Crippen LogP contribution >= 0.6 is 0 Å². The highest BCUT2D eigenvalue weighted by molar-refractivity contribution is 6.09. The van der Waals surface area contributed by atoms with E-state index in [2.05, 4.69) is 10.6 Å². The maximum atomic E-state index is 15.3. The highest BCUT2D eigenvalue weighted by atomic mass is 19.1. The third-order valence-electron chi connectivity index (χ3n) is 11.9. The number of ether oxygens (including phenoxy) is 1. The second-order valence-corrected chi connectivity index (χ2v) is 16.0. The molecule has 15 nitrogen and oxygen atoms in total. The number of hydrogen-bond donors (Lipinski definition) is 4. The zero-order valence-corrected chi connectivity index (χ0v) is 34.2. The number of nitrogens with one attached hydrogen (secondary N) is 2. The quantitative estimate of drug-likeness (QED) is 0.0909. The number of ketones is 2. The molecule has 2 aromatic carbocycles. The number of amides is 4. The molecule has 16 heteroatoms. The Bertz CT molecular complexity index is 2120. The number of carboxylic acids is 1. The van der Waals surface area contributed by atoms with Crippen LogP contribution in [0.25, 0.3) is 10.9 Å².